The van der Waals surface area contributed by atoms with E-state index in [9.17, 15) is 0 Å². The highest BCUT2D eigenvalue weighted by Crippen LogP contribution is 2.43. The van der Waals surface area contributed by atoms with Gasteiger partial charge in [-0.25, -0.2) is 24.9 Å². The first kappa shape index (κ1) is 35.2. The third-order valence-corrected chi connectivity index (χ3v) is 8.82. The molecule has 274 valence electrons. The fourth-order valence-corrected chi connectivity index (χ4v) is 6.79. The predicted molar refractivity (Wildman–Crippen MR) is 213 cm³/mol. The number of ether oxygens (including phenoxy) is 4. The van der Waals surface area contributed by atoms with Gasteiger partial charge in [-0.05, 0) is 84.3 Å². The van der Waals surface area contributed by atoms with Gasteiger partial charge in [0.1, 0.15) is 47.2 Å². The third-order valence-electron chi connectivity index (χ3n) is 8.82. The standard InChI is InChI=1S/C45H40N6O4/c1-29(2)19-31-21-37(52-33-11-9-13-35(23-33)54-41-15-5-7-17-47-41)25-39-43(31)44-32(20-30(3)4)22-38(26-40(44)51(39)45-49-27-46-28-50-45)53-34-12-10-14-36(24-34)55-42-16-6-8-18-48-42/h5-18,21-30H,19-20H2,1-4H3. The first-order valence-electron chi connectivity index (χ1n) is 18.4. The molecule has 0 fully saturated rings. The van der Waals surface area contributed by atoms with Gasteiger partial charge in [-0.2, -0.15) is 0 Å². The van der Waals surface area contributed by atoms with Gasteiger partial charge in [0.25, 0.3) is 0 Å². The minimum Gasteiger partial charge on any atom is -0.457 e. The first-order valence-corrected chi connectivity index (χ1v) is 18.4. The minimum atomic E-state index is 0.376. The van der Waals surface area contributed by atoms with Gasteiger partial charge in [0.05, 0.1) is 11.0 Å². The zero-order valence-corrected chi connectivity index (χ0v) is 31.1. The van der Waals surface area contributed by atoms with E-state index in [-0.39, 0.29) is 0 Å². The largest absolute Gasteiger partial charge is 0.457 e. The number of fused-ring (bicyclic) bond motifs is 3. The molecule has 55 heavy (non-hydrogen) atoms. The second-order valence-corrected chi connectivity index (χ2v) is 14.1. The van der Waals surface area contributed by atoms with Crippen molar-refractivity contribution >= 4 is 21.8 Å². The molecular formula is C45H40N6O4. The lowest BCUT2D eigenvalue weighted by molar-refractivity contribution is 0.448. The van der Waals surface area contributed by atoms with Crippen molar-refractivity contribution in [1.29, 1.82) is 0 Å². The van der Waals surface area contributed by atoms with Crippen LogP contribution in [0.1, 0.15) is 38.8 Å². The van der Waals surface area contributed by atoms with Crippen molar-refractivity contribution in [3.05, 3.63) is 145 Å². The minimum absolute atomic E-state index is 0.376. The number of nitrogens with zero attached hydrogens (tertiary/aromatic N) is 6. The van der Waals surface area contributed by atoms with Crippen molar-refractivity contribution in [3.8, 4) is 52.2 Å². The molecule has 0 saturated carbocycles. The van der Waals surface area contributed by atoms with Crippen LogP contribution in [0.2, 0.25) is 0 Å². The number of hydrogen-bond acceptors (Lipinski definition) is 9. The van der Waals surface area contributed by atoms with E-state index in [0.717, 1.165) is 34.6 Å². The lowest BCUT2D eigenvalue weighted by Gasteiger charge is -2.15. The second kappa shape index (κ2) is 15.7. The summed E-state index contributed by atoms with van der Waals surface area (Å²) in [7, 11) is 0. The van der Waals surface area contributed by atoms with E-state index in [1.807, 2.05) is 84.9 Å². The van der Waals surface area contributed by atoms with Crippen molar-refractivity contribution < 1.29 is 18.9 Å². The van der Waals surface area contributed by atoms with Crippen LogP contribution in [-0.2, 0) is 12.8 Å². The molecule has 0 spiro atoms. The number of pyridine rings is 2. The molecule has 4 heterocycles. The zero-order chi connectivity index (χ0) is 37.7. The molecule has 8 rings (SSSR count). The Morgan fingerprint density at radius 1 is 0.473 bits per heavy atom. The molecule has 0 aliphatic rings. The number of rotatable bonds is 13. The first-order chi connectivity index (χ1) is 26.9. The molecule has 8 aromatic rings. The van der Waals surface area contributed by atoms with Crippen LogP contribution in [0.25, 0.3) is 27.8 Å². The molecule has 10 nitrogen and oxygen atoms in total. The molecule has 0 saturated heterocycles. The lowest BCUT2D eigenvalue weighted by Crippen LogP contribution is -2.02. The number of benzene rings is 4. The number of aromatic nitrogens is 6. The van der Waals surface area contributed by atoms with Crippen LogP contribution in [-0.4, -0.2) is 29.5 Å². The Bertz CT molecular complexity index is 2400. The molecule has 10 heteroatoms. The maximum Gasteiger partial charge on any atom is 0.237 e. The molecule has 0 amide bonds. The summed E-state index contributed by atoms with van der Waals surface area (Å²) in [5, 5.41) is 2.27. The smallest absolute Gasteiger partial charge is 0.237 e. The third kappa shape index (κ3) is 8.08. The molecule has 0 aliphatic carbocycles. The molecule has 4 aromatic heterocycles. The van der Waals surface area contributed by atoms with E-state index in [1.54, 1.807) is 12.4 Å². The topological polar surface area (TPSA) is 106 Å². The predicted octanol–water partition coefficient (Wildman–Crippen LogP) is 11.3. The maximum atomic E-state index is 6.62. The Kier molecular flexibility index (Phi) is 10.0. The van der Waals surface area contributed by atoms with Gasteiger partial charge >= 0.3 is 0 Å². The Morgan fingerprint density at radius 3 is 1.35 bits per heavy atom. The fourth-order valence-electron chi connectivity index (χ4n) is 6.79. The SMILES string of the molecule is CC(C)Cc1cc(Oc2cccc(Oc3ccccn3)c2)cc2c1c1c(CC(C)C)cc(Oc3cccc(Oc4ccccn4)c3)cc1n2-c1ncncn1. The summed E-state index contributed by atoms with van der Waals surface area (Å²) in [4.78, 5) is 22.0. The van der Waals surface area contributed by atoms with Gasteiger partial charge in [0.2, 0.25) is 17.7 Å². The summed E-state index contributed by atoms with van der Waals surface area (Å²) < 4.78 is 27.3. The van der Waals surface area contributed by atoms with Crippen molar-refractivity contribution in [2.24, 2.45) is 11.8 Å². The van der Waals surface area contributed by atoms with Crippen LogP contribution in [0.3, 0.4) is 0 Å². The summed E-state index contributed by atoms with van der Waals surface area (Å²) in [5.74, 6) is 6.14. The highest BCUT2D eigenvalue weighted by atomic mass is 16.5. The Hall–Kier alpha value is -6.81. The number of hydrogen-bond donors (Lipinski definition) is 0. The highest BCUT2D eigenvalue weighted by molar-refractivity contribution is 6.13. The van der Waals surface area contributed by atoms with E-state index in [1.165, 1.54) is 23.8 Å². The molecule has 0 bridgehead atoms. The van der Waals surface area contributed by atoms with Crippen LogP contribution in [0, 0.1) is 11.8 Å². The molecule has 0 unspecified atom stereocenters. The highest BCUT2D eigenvalue weighted by Gasteiger charge is 2.23. The van der Waals surface area contributed by atoms with Gasteiger partial charge in [-0.3, -0.25) is 4.57 Å². The Balaban J connectivity index is 1.27. The summed E-state index contributed by atoms with van der Waals surface area (Å²) in [6, 6.07) is 34.7. The van der Waals surface area contributed by atoms with Crippen molar-refractivity contribution in [2.75, 3.05) is 0 Å². The molecular weight excluding hydrogens is 689 g/mol. The van der Waals surface area contributed by atoms with Crippen molar-refractivity contribution in [1.82, 2.24) is 29.5 Å². The average Bonchev–Trinajstić information content (AvgIpc) is 3.50. The van der Waals surface area contributed by atoms with Gasteiger partial charge in [0.15, 0.2) is 0 Å². The van der Waals surface area contributed by atoms with Gasteiger partial charge in [-0.15, -0.1) is 0 Å². The van der Waals surface area contributed by atoms with Crippen LogP contribution >= 0.6 is 0 Å². The molecule has 0 N–H and O–H groups in total. The summed E-state index contributed by atoms with van der Waals surface area (Å²) in [6.07, 6.45) is 8.10. The van der Waals surface area contributed by atoms with Crippen LogP contribution in [0.5, 0.6) is 46.3 Å². The summed E-state index contributed by atoms with van der Waals surface area (Å²) in [5.41, 5.74) is 4.17. The van der Waals surface area contributed by atoms with Crippen LogP contribution in [0.15, 0.2) is 134 Å². The summed E-state index contributed by atoms with van der Waals surface area (Å²) >= 11 is 0. The van der Waals surface area contributed by atoms with Crippen LogP contribution in [0.4, 0.5) is 0 Å². The zero-order valence-electron chi connectivity index (χ0n) is 31.1. The molecule has 0 atom stereocenters. The van der Waals surface area contributed by atoms with E-state index >= 15 is 0 Å². The normalized spacial score (nSPS) is 11.4. The molecule has 0 radical (unpaired) electrons. The van der Waals surface area contributed by atoms with Gasteiger partial charge in [0, 0.05) is 59.6 Å². The lowest BCUT2D eigenvalue weighted by atomic mass is 9.93. The van der Waals surface area contributed by atoms with Crippen molar-refractivity contribution in [3.63, 3.8) is 0 Å². The van der Waals surface area contributed by atoms with Crippen molar-refractivity contribution in [2.45, 2.75) is 40.5 Å². The quantitative estimate of drug-likeness (QED) is 0.115. The van der Waals surface area contributed by atoms with Gasteiger partial charge in [-0.1, -0.05) is 52.0 Å². The monoisotopic (exact) mass is 728 g/mol. The average molecular weight is 729 g/mol. The fraction of sp³-hybridized carbons (Fsp3) is 0.178. The second-order valence-electron chi connectivity index (χ2n) is 14.1. The van der Waals surface area contributed by atoms with Gasteiger partial charge < -0.3 is 18.9 Å². The maximum absolute atomic E-state index is 6.62. The Morgan fingerprint density at radius 2 is 0.927 bits per heavy atom. The Labute approximate surface area is 319 Å². The van der Waals surface area contributed by atoms with Crippen LogP contribution < -0.4 is 18.9 Å². The summed E-state index contributed by atoms with van der Waals surface area (Å²) in [6.45, 7) is 8.93. The molecule has 4 aromatic carbocycles. The van der Waals surface area contributed by atoms with E-state index < -0.39 is 0 Å². The van der Waals surface area contributed by atoms with E-state index in [0.29, 0.717) is 64.0 Å². The van der Waals surface area contributed by atoms with E-state index in [2.05, 4.69) is 81.4 Å². The molecule has 0 aliphatic heterocycles. The van der Waals surface area contributed by atoms with E-state index in [4.69, 9.17) is 18.9 Å².